The summed E-state index contributed by atoms with van der Waals surface area (Å²) in [6.07, 6.45) is 7.42. The quantitative estimate of drug-likeness (QED) is 0.914. The van der Waals surface area contributed by atoms with Gasteiger partial charge in [0, 0.05) is 38.6 Å². The second-order valence-corrected chi connectivity index (χ2v) is 5.05. The Kier molecular flexibility index (Phi) is 5.00. The zero-order chi connectivity index (χ0) is 15.0. The third-order valence-electron chi connectivity index (χ3n) is 3.49. The Bertz CT molecular complexity index is 609. The van der Waals surface area contributed by atoms with Crippen molar-refractivity contribution in [3.8, 4) is 5.88 Å². The Morgan fingerprint density at radius 2 is 1.86 bits per heavy atom. The molecule has 1 aromatic carbocycles. The fourth-order valence-corrected chi connectivity index (χ4v) is 2.39. The molecule has 2 aromatic rings. The van der Waals surface area contributed by atoms with E-state index < -0.39 is 0 Å². The summed E-state index contributed by atoms with van der Waals surface area (Å²) < 4.78 is 5.79. The Labute approximate surface area is 130 Å². The van der Waals surface area contributed by atoms with Gasteiger partial charge in [-0.1, -0.05) is 36.4 Å². The van der Waals surface area contributed by atoms with Crippen molar-refractivity contribution in [1.82, 2.24) is 15.3 Å². The highest BCUT2D eigenvalue weighted by molar-refractivity contribution is 5.50. The molecule has 5 nitrogen and oxygen atoms in total. The van der Waals surface area contributed by atoms with Gasteiger partial charge in [-0.15, -0.1) is 0 Å². The first-order chi connectivity index (χ1) is 10.9. The predicted molar refractivity (Wildman–Crippen MR) is 88.1 cm³/mol. The van der Waals surface area contributed by atoms with Gasteiger partial charge in [-0.3, -0.25) is 0 Å². The average molecular weight is 296 g/mol. The molecule has 1 aliphatic heterocycles. The number of benzene rings is 1. The van der Waals surface area contributed by atoms with Crippen molar-refractivity contribution in [2.24, 2.45) is 0 Å². The topological polar surface area (TPSA) is 50.3 Å². The monoisotopic (exact) mass is 296 g/mol. The summed E-state index contributed by atoms with van der Waals surface area (Å²) >= 11 is 0. The molecular formula is C17H20N4O. The van der Waals surface area contributed by atoms with E-state index in [1.54, 1.807) is 12.4 Å². The Morgan fingerprint density at radius 1 is 1.09 bits per heavy atom. The summed E-state index contributed by atoms with van der Waals surface area (Å²) in [7, 11) is 0. The predicted octanol–water partition coefficient (Wildman–Crippen LogP) is 1.98. The molecule has 0 bridgehead atoms. The number of piperazine rings is 1. The van der Waals surface area contributed by atoms with Crippen molar-refractivity contribution in [1.29, 1.82) is 0 Å². The van der Waals surface area contributed by atoms with Gasteiger partial charge >= 0.3 is 0 Å². The minimum absolute atomic E-state index is 0.479. The first-order valence-corrected chi connectivity index (χ1v) is 7.54. The highest BCUT2D eigenvalue weighted by Crippen LogP contribution is 2.22. The summed E-state index contributed by atoms with van der Waals surface area (Å²) in [4.78, 5) is 11.0. The van der Waals surface area contributed by atoms with Crippen LogP contribution in [0.2, 0.25) is 0 Å². The Balaban J connectivity index is 1.61. The van der Waals surface area contributed by atoms with E-state index in [4.69, 9.17) is 4.74 Å². The van der Waals surface area contributed by atoms with Crippen LogP contribution >= 0.6 is 0 Å². The minimum atomic E-state index is 0.479. The summed E-state index contributed by atoms with van der Waals surface area (Å²) in [5, 5.41) is 3.33. The van der Waals surface area contributed by atoms with Crippen molar-refractivity contribution >= 4 is 11.9 Å². The van der Waals surface area contributed by atoms with Crippen LogP contribution in [0, 0.1) is 0 Å². The molecule has 0 aliphatic carbocycles. The number of aromatic nitrogens is 2. The third-order valence-corrected chi connectivity index (χ3v) is 3.49. The van der Waals surface area contributed by atoms with E-state index in [0.29, 0.717) is 12.5 Å². The molecule has 1 fully saturated rings. The standard InChI is InChI=1S/C17H20N4O/c1-2-5-15(6-3-1)7-4-14-22-17-16(19-8-9-20-17)21-12-10-18-11-13-21/h1-9,18H,10-14H2. The molecule has 1 N–H and O–H groups in total. The Morgan fingerprint density at radius 3 is 2.68 bits per heavy atom. The van der Waals surface area contributed by atoms with E-state index in [1.807, 2.05) is 30.4 Å². The van der Waals surface area contributed by atoms with Gasteiger partial charge < -0.3 is 15.0 Å². The van der Waals surface area contributed by atoms with Gasteiger partial charge in [-0.05, 0) is 11.6 Å². The lowest BCUT2D eigenvalue weighted by Crippen LogP contribution is -2.44. The largest absolute Gasteiger partial charge is 0.471 e. The van der Waals surface area contributed by atoms with Crippen molar-refractivity contribution in [2.45, 2.75) is 0 Å². The SMILES string of the molecule is C(=Cc1ccccc1)COc1nccnc1N1CCNCC1. The molecule has 114 valence electrons. The second kappa shape index (κ2) is 7.56. The first kappa shape index (κ1) is 14.5. The van der Waals surface area contributed by atoms with Gasteiger partial charge in [0.1, 0.15) is 6.61 Å². The van der Waals surface area contributed by atoms with Gasteiger partial charge in [0.15, 0.2) is 5.82 Å². The smallest absolute Gasteiger partial charge is 0.257 e. The van der Waals surface area contributed by atoms with Crippen LogP contribution in [0.25, 0.3) is 6.08 Å². The number of nitrogens with one attached hydrogen (secondary N) is 1. The van der Waals surface area contributed by atoms with E-state index in [2.05, 4.69) is 32.3 Å². The van der Waals surface area contributed by atoms with Crippen molar-refractivity contribution in [2.75, 3.05) is 37.7 Å². The molecule has 1 aromatic heterocycles. The molecule has 1 aliphatic rings. The molecule has 0 spiro atoms. The van der Waals surface area contributed by atoms with E-state index in [-0.39, 0.29) is 0 Å². The summed E-state index contributed by atoms with van der Waals surface area (Å²) in [5.74, 6) is 1.43. The van der Waals surface area contributed by atoms with Crippen molar-refractivity contribution in [3.05, 3.63) is 54.4 Å². The molecular weight excluding hydrogens is 276 g/mol. The molecule has 0 amide bonds. The zero-order valence-corrected chi connectivity index (χ0v) is 12.5. The first-order valence-electron chi connectivity index (χ1n) is 7.54. The van der Waals surface area contributed by atoms with Gasteiger partial charge in [-0.2, -0.15) is 0 Å². The van der Waals surface area contributed by atoms with E-state index >= 15 is 0 Å². The fraction of sp³-hybridized carbons (Fsp3) is 0.294. The average Bonchev–Trinajstić information content (AvgIpc) is 2.61. The lowest BCUT2D eigenvalue weighted by atomic mass is 10.2. The molecule has 0 saturated carbocycles. The molecule has 0 atom stereocenters. The maximum atomic E-state index is 5.79. The fourth-order valence-electron chi connectivity index (χ4n) is 2.39. The molecule has 0 unspecified atom stereocenters. The molecule has 1 saturated heterocycles. The third kappa shape index (κ3) is 3.83. The van der Waals surface area contributed by atoms with Crippen molar-refractivity contribution in [3.63, 3.8) is 0 Å². The van der Waals surface area contributed by atoms with Gasteiger partial charge in [-0.25, -0.2) is 9.97 Å². The van der Waals surface area contributed by atoms with Crippen molar-refractivity contribution < 1.29 is 4.74 Å². The highest BCUT2D eigenvalue weighted by Gasteiger charge is 2.16. The zero-order valence-electron chi connectivity index (χ0n) is 12.5. The van der Waals surface area contributed by atoms with Gasteiger partial charge in [0.05, 0.1) is 0 Å². The van der Waals surface area contributed by atoms with E-state index in [0.717, 1.165) is 37.6 Å². The lowest BCUT2D eigenvalue weighted by molar-refractivity contribution is 0.346. The minimum Gasteiger partial charge on any atom is -0.471 e. The molecule has 2 heterocycles. The summed E-state index contributed by atoms with van der Waals surface area (Å²) in [6.45, 7) is 4.25. The summed E-state index contributed by atoms with van der Waals surface area (Å²) in [6, 6.07) is 10.2. The van der Waals surface area contributed by atoms with E-state index in [1.165, 1.54) is 0 Å². The number of nitrogens with zero attached hydrogens (tertiary/aromatic N) is 3. The van der Waals surface area contributed by atoms with Crippen LogP contribution in [-0.4, -0.2) is 42.8 Å². The molecule has 3 rings (SSSR count). The van der Waals surface area contributed by atoms with Crippen LogP contribution in [-0.2, 0) is 0 Å². The lowest BCUT2D eigenvalue weighted by Gasteiger charge is -2.28. The van der Waals surface area contributed by atoms with Gasteiger partial charge in [0.25, 0.3) is 5.88 Å². The van der Waals surface area contributed by atoms with Crippen LogP contribution in [0.15, 0.2) is 48.8 Å². The van der Waals surface area contributed by atoms with Crippen LogP contribution in [0.5, 0.6) is 5.88 Å². The second-order valence-electron chi connectivity index (χ2n) is 5.05. The normalized spacial score (nSPS) is 15.2. The highest BCUT2D eigenvalue weighted by atomic mass is 16.5. The number of ether oxygens (including phenoxy) is 1. The van der Waals surface area contributed by atoms with Crippen LogP contribution < -0.4 is 15.0 Å². The van der Waals surface area contributed by atoms with E-state index in [9.17, 15) is 0 Å². The van der Waals surface area contributed by atoms with Crippen LogP contribution in [0.4, 0.5) is 5.82 Å². The Hall–Kier alpha value is -2.40. The molecule has 22 heavy (non-hydrogen) atoms. The maximum absolute atomic E-state index is 5.79. The molecule has 0 radical (unpaired) electrons. The summed E-state index contributed by atoms with van der Waals surface area (Å²) in [5.41, 5.74) is 1.16. The number of hydrogen-bond acceptors (Lipinski definition) is 5. The number of hydrogen-bond donors (Lipinski definition) is 1. The number of rotatable bonds is 5. The van der Waals surface area contributed by atoms with Crippen LogP contribution in [0.1, 0.15) is 5.56 Å². The van der Waals surface area contributed by atoms with Crippen LogP contribution in [0.3, 0.4) is 0 Å². The molecule has 5 heteroatoms. The maximum Gasteiger partial charge on any atom is 0.257 e. The van der Waals surface area contributed by atoms with Gasteiger partial charge in [0.2, 0.25) is 0 Å². The number of anilines is 1.